The second-order valence-electron chi connectivity index (χ2n) is 9.25. The molecular weight excluding hydrogens is 573 g/mol. The number of carbonyl (C=O) groups excluding carboxylic acids is 2. The molecule has 2 amide bonds. The van der Waals surface area contributed by atoms with Gasteiger partial charge in [0, 0.05) is 22.6 Å². The third kappa shape index (κ3) is 7.47. The molecule has 0 saturated heterocycles. The summed E-state index contributed by atoms with van der Waals surface area (Å²) in [7, 11) is -2.79. The van der Waals surface area contributed by atoms with Gasteiger partial charge in [0.25, 0.3) is 10.0 Å². The Kier molecular flexibility index (Phi) is 10.8. The third-order valence-electron chi connectivity index (χ3n) is 6.49. The molecule has 214 valence electrons. The number of hydrogen-bond acceptors (Lipinski definition) is 5. The number of amides is 2. The number of hydrogen-bond donors (Lipinski definition) is 1. The van der Waals surface area contributed by atoms with Crippen LogP contribution in [0.25, 0.3) is 0 Å². The lowest BCUT2D eigenvalue weighted by Gasteiger charge is -2.33. The second-order valence-corrected chi connectivity index (χ2v) is 12.0. The summed E-state index contributed by atoms with van der Waals surface area (Å²) in [6.45, 7) is 4.76. The maximum absolute atomic E-state index is 14.0. The van der Waals surface area contributed by atoms with E-state index >= 15 is 0 Å². The summed E-state index contributed by atoms with van der Waals surface area (Å²) in [5.41, 5.74) is 0.737. The molecule has 11 heteroatoms. The van der Waals surface area contributed by atoms with Gasteiger partial charge in [0.05, 0.1) is 17.7 Å². The van der Waals surface area contributed by atoms with Gasteiger partial charge in [0.1, 0.15) is 18.3 Å². The molecule has 0 bridgehead atoms. The van der Waals surface area contributed by atoms with Gasteiger partial charge in [-0.1, -0.05) is 66.5 Å². The number of nitrogens with zero attached hydrogens (tertiary/aromatic N) is 2. The lowest BCUT2D eigenvalue weighted by molar-refractivity contribution is -0.139. The SMILES string of the molecule is CC[C@@H](C)NC(=O)[C@H](C)N(Cc1ccc(Cl)cc1Cl)C(=O)CN(c1ccccc1OC)S(=O)(=O)c1ccccc1. The van der Waals surface area contributed by atoms with Crippen molar-refractivity contribution in [1.82, 2.24) is 10.2 Å². The molecule has 0 aliphatic heterocycles. The fraction of sp³-hybridized carbons (Fsp3) is 0.310. The molecule has 0 aromatic heterocycles. The lowest BCUT2D eigenvalue weighted by Crippen LogP contribution is -2.52. The number of carbonyl (C=O) groups is 2. The first kappa shape index (κ1) is 31.3. The van der Waals surface area contributed by atoms with Gasteiger partial charge >= 0.3 is 0 Å². The van der Waals surface area contributed by atoms with Crippen LogP contribution in [0, 0.1) is 0 Å². The van der Waals surface area contributed by atoms with Crippen LogP contribution in [0.3, 0.4) is 0 Å². The zero-order chi connectivity index (χ0) is 29.4. The fourth-order valence-electron chi connectivity index (χ4n) is 3.95. The molecule has 0 unspecified atom stereocenters. The van der Waals surface area contributed by atoms with Crippen LogP contribution in [0.2, 0.25) is 10.0 Å². The standard InChI is InChI=1S/C29H33Cl2N3O5S/c1-5-20(2)32-29(36)21(3)33(18-22-15-16-23(30)17-25(22)31)28(35)19-34(26-13-9-10-14-27(26)39-4)40(37,38)24-11-7-6-8-12-24/h6-17,20-21H,5,18-19H2,1-4H3,(H,32,36)/t20-,21+/m1/s1. The Labute approximate surface area is 245 Å². The Hall–Kier alpha value is -3.27. The number of sulfonamides is 1. The van der Waals surface area contributed by atoms with E-state index < -0.39 is 28.5 Å². The number of anilines is 1. The van der Waals surface area contributed by atoms with E-state index in [-0.39, 0.29) is 34.8 Å². The predicted octanol–water partition coefficient (Wildman–Crippen LogP) is 5.53. The Morgan fingerprint density at radius 1 is 0.975 bits per heavy atom. The van der Waals surface area contributed by atoms with Crippen molar-refractivity contribution in [2.24, 2.45) is 0 Å². The molecule has 0 radical (unpaired) electrons. The lowest BCUT2D eigenvalue weighted by atomic mass is 10.1. The Balaban J connectivity index is 2.07. The van der Waals surface area contributed by atoms with Crippen molar-refractivity contribution >= 4 is 50.7 Å². The van der Waals surface area contributed by atoms with E-state index in [1.54, 1.807) is 67.6 Å². The van der Waals surface area contributed by atoms with Crippen LogP contribution in [0.1, 0.15) is 32.8 Å². The van der Waals surface area contributed by atoms with Gasteiger partial charge < -0.3 is 15.0 Å². The number of ether oxygens (including phenoxy) is 1. The monoisotopic (exact) mass is 605 g/mol. The van der Waals surface area contributed by atoms with Gasteiger partial charge in [-0.3, -0.25) is 13.9 Å². The zero-order valence-electron chi connectivity index (χ0n) is 22.8. The van der Waals surface area contributed by atoms with Crippen LogP contribution < -0.4 is 14.4 Å². The molecule has 0 saturated carbocycles. The van der Waals surface area contributed by atoms with Crippen molar-refractivity contribution in [2.75, 3.05) is 18.0 Å². The first-order valence-corrected chi connectivity index (χ1v) is 14.9. The van der Waals surface area contributed by atoms with E-state index in [1.165, 1.54) is 24.1 Å². The Bertz CT molecular complexity index is 1440. The average Bonchev–Trinajstić information content (AvgIpc) is 2.95. The van der Waals surface area contributed by atoms with E-state index in [2.05, 4.69) is 5.32 Å². The molecule has 0 aliphatic rings. The molecule has 0 spiro atoms. The van der Waals surface area contributed by atoms with Crippen molar-refractivity contribution in [3.05, 3.63) is 88.4 Å². The molecule has 40 heavy (non-hydrogen) atoms. The molecule has 3 aromatic carbocycles. The molecule has 1 N–H and O–H groups in total. The summed E-state index contributed by atoms with van der Waals surface area (Å²) < 4.78 is 34.2. The highest BCUT2D eigenvalue weighted by Crippen LogP contribution is 2.32. The van der Waals surface area contributed by atoms with Gasteiger partial charge in [0.2, 0.25) is 11.8 Å². The largest absolute Gasteiger partial charge is 0.495 e. The van der Waals surface area contributed by atoms with E-state index in [1.807, 2.05) is 13.8 Å². The summed E-state index contributed by atoms with van der Waals surface area (Å²) in [5.74, 6) is -0.713. The molecular formula is C29H33Cl2N3O5S. The first-order valence-electron chi connectivity index (χ1n) is 12.7. The van der Waals surface area contributed by atoms with Crippen LogP contribution >= 0.6 is 23.2 Å². The van der Waals surface area contributed by atoms with Gasteiger partial charge in [-0.05, 0) is 62.2 Å². The number of nitrogens with one attached hydrogen (secondary N) is 1. The summed E-state index contributed by atoms with van der Waals surface area (Å²) in [5, 5.41) is 3.63. The van der Waals surface area contributed by atoms with E-state index in [0.29, 0.717) is 22.0 Å². The van der Waals surface area contributed by atoms with Crippen LogP contribution in [0.5, 0.6) is 5.75 Å². The summed E-state index contributed by atoms with van der Waals surface area (Å²) in [4.78, 5) is 28.5. The Morgan fingerprint density at radius 3 is 2.25 bits per heavy atom. The van der Waals surface area contributed by atoms with Crippen molar-refractivity contribution in [3.63, 3.8) is 0 Å². The van der Waals surface area contributed by atoms with Gasteiger partial charge in [-0.25, -0.2) is 8.42 Å². The summed E-state index contributed by atoms with van der Waals surface area (Å²) >= 11 is 12.5. The van der Waals surface area contributed by atoms with E-state index in [9.17, 15) is 18.0 Å². The van der Waals surface area contributed by atoms with Gasteiger partial charge in [0.15, 0.2) is 0 Å². The number of rotatable bonds is 12. The predicted molar refractivity (Wildman–Crippen MR) is 158 cm³/mol. The van der Waals surface area contributed by atoms with Crippen molar-refractivity contribution in [2.45, 2.75) is 50.7 Å². The quantitative estimate of drug-likeness (QED) is 0.293. The maximum atomic E-state index is 14.0. The number of para-hydroxylation sites is 2. The van der Waals surface area contributed by atoms with Crippen molar-refractivity contribution < 1.29 is 22.7 Å². The van der Waals surface area contributed by atoms with E-state index in [0.717, 1.165) is 4.31 Å². The first-order chi connectivity index (χ1) is 19.0. The number of benzene rings is 3. The van der Waals surface area contributed by atoms with Crippen molar-refractivity contribution in [3.8, 4) is 5.75 Å². The molecule has 0 fully saturated rings. The fourth-order valence-corrected chi connectivity index (χ4v) is 5.86. The molecule has 3 aromatic rings. The second kappa shape index (κ2) is 13.9. The zero-order valence-corrected chi connectivity index (χ0v) is 25.1. The topological polar surface area (TPSA) is 96.0 Å². The molecule has 8 nitrogen and oxygen atoms in total. The molecule has 0 heterocycles. The minimum atomic E-state index is -4.21. The van der Waals surface area contributed by atoms with E-state index in [4.69, 9.17) is 27.9 Å². The van der Waals surface area contributed by atoms with Gasteiger partial charge in [-0.2, -0.15) is 0 Å². The normalized spacial score (nSPS) is 12.8. The summed E-state index contributed by atoms with van der Waals surface area (Å²) in [6.07, 6.45) is 0.701. The number of halogens is 2. The van der Waals surface area contributed by atoms with Crippen LogP contribution in [0.4, 0.5) is 5.69 Å². The molecule has 0 aliphatic carbocycles. The van der Waals surface area contributed by atoms with Crippen molar-refractivity contribution in [1.29, 1.82) is 0 Å². The highest BCUT2D eigenvalue weighted by atomic mass is 35.5. The minimum absolute atomic E-state index is 0.00330. The average molecular weight is 607 g/mol. The van der Waals surface area contributed by atoms with Crippen LogP contribution in [0.15, 0.2) is 77.7 Å². The maximum Gasteiger partial charge on any atom is 0.264 e. The highest BCUT2D eigenvalue weighted by molar-refractivity contribution is 7.92. The highest BCUT2D eigenvalue weighted by Gasteiger charge is 2.34. The van der Waals surface area contributed by atoms with Crippen LogP contribution in [-0.4, -0.2) is 50.9 Å². The number of methoxy groups -OCH3 is 1. The van der Waals surface area contributed by atoms with Gasteiger partial charge in [-0.15, -0.1) is 0 Å². The Morgan fingerprint density at radius 2 is 1.62 bits per heavy atom. The minimum Gasteiger partial charge on any atom is -0.495 e. The smallest absolute Gasteiger partial charge is 0.264 e. The summed E-state index contributed by atoms with van der Waals surface area (Å²) in [6, 6.07) is 18.1. The molecule has 2 atom stereocenters. The van der Waals surface area contributed by atoms with Crippen LogP contribution in [-0.2, 0) is 26.2 Å². The third-order valence-corrected chi connectivity index (χ3v) is 8.85. The molecule has 3 rings (SSSR count).